The molecule has 1 aromatic heterocycles. The first-order valence-corrected chi connectivity index (χ1v) is 6.91. The lowest BCUT2D eigenvalue weighted by molar-refractivity contribution is -0.111. The molecule has 1 heterocycles. The second-order valence-corrected chi connectivity index (χ2v) is 5.44. The molecule has 0 saturated heterocycles. The van der Waals surface area contributed by atoms with E-state index >= 15 is 0 Å². The number of benzene rings is 1. The maximum atomic E-state index is 11.9. The third kappa shape index (κ3) is 3.51. The Hall–Kier alpha value is -1.94. The van der Waals surface area contributed by atoms with Gasteiger partial charge in [0, 0.05) is 17.1 Å². The van der Waals surface area contributed by atoms with Crippen LogP contribution in [0.5, 0.6) is 0 Å². The second kappa shape index (κ2) is 5.80. The smallest absolute Gasteiger partial charge is 0.248 e. The summed E-state index contributed by atoms with van der Waals surface area (Å²) >= 11 is 1.57. The van der Waals surface area contributed by atoms with Crippen LogP contribution in [0.25, 0.3) is 6.08 Å². The summed E-state index contributed by atoms with van der Waals surface area (Å²) in [6.45, 7) is 5.91. The summed E-state index contributed by atoms with van der Waals surface area (Å²) < 4.78 is 0. The number of anilines is 1. The van der Waals surface area contributed by atoms with Crippen molar-refractivity contribution < 1.29 is 4.79 Å². The van der Waals surface area contributed by atoms with Crippen molar-refractivity contribution in [3.8, 4) is 0 Å². The van der Waals surface area contributed by atoms with Gasteiger partial charge in [0.05, 0.1) is 10.7 Å². The van der Waals surface area contributed by atoms with Gasteiger partial charge in [-0.05, 0) is 38.0 Å². The van der Waals surface area contributed by atoms with Gasteiger partial charge in [-0.25, -0.2) is 4.98 Å². The largest absolute Gasteiger partial charge is 0.322 e. The standard InChI is InChI=1S/C15H16N2OS/c1-10-5-4-6-11(2)15(10)17-14(18)8-7-13-9-19-12(3)16-13/h4-9H,1-3H3,(H,17,18)/b8-7+. The van der Waals surface area contributed by atoms with E-state index < -0.39 is 0 Å². The summed E-state index contributed by atoms with van der Waals surface area (Å²) in [6.07, 6.45) is 3.24. The Bertz CT molecular complexity index is 609. The van der Waals surface area contributed by atoms with Crippen molar-refractivity contribution >= 4 is 29.0 Å². The summed E-state index contributed by atoms with van der Waals surface area (Å²) in [7, 11) is 0. The number of carbonyl (C=O) groups is 1. The first-order chi connectivity index (χ1) is 9.06. The van der Waals surface area contributed by atoms with Gasteiger partial charge in [0.1, 0.15) is 0 Å². The molecule has 0 aliphatic carbocycles. The highest BCUT2D eigenvalue weighted by molar-refractivity contribution is 7.09. The fourth-order valence-electron chi connectivity index (χ4n) is 1.79. The topological polar surface area (TPSA) is 42.0 Å². The van der Waals surface area contributed by atoms with E-state index in [1.807, 2.05) is 44.4 Å². The van der Waals surface area contributed by atoms with E-state index in [2.05, 4.69) is 10.3 Å². The number of carbonyl (C=O) groups excluding carboxylic acids is 1. The van der Waals surface area contributed by atoms with E-state index in [0.29, 0.717) is 0 Å². The van der Waals surface area contributed by atoms with Crippen LogP contribution in [0.4, 0.5) is 5.69 Å². The minimum atomic E-state index is -0.136. The maximum Gasteiger partial charge on any atom is 0.248 e. The average molecular weight is 272 g/mol. The molecule has 0 unspecified atom stereocenters. The Kier molecular flexibility index (Phi) is 4.12. The predicted octanol–water partition coefficient (Wildman–Crippen LogP) is 3.72. The third-order valence-electron chi connectivity index (χ3n) is 2.77. The molecule has 98 valence electrons. The summed E-state index contributed by atoms with van der Waals surface area (Å²) in [6, 6.07) is 5.94. The summed E-state index contributed by atoms with van der Waals surface area (Å²) in [4.78, 5) is 16.2. The van der Waals surface area contributed by atoms with E-state index in [-0.39, 0.29) is 5.91 Å². The van der Waals surface area contributed by atoms with Crippen LogP contribution in [0.1, 0.15) is 21.8 Å². The van der Waals surface area contributed by atoms with Gasteiger partial charge in [0.2, 0.25) is 5.91 Å². The zero-order chi connectivity index (χ0) is 13.8. The highest BCUT2D eigenvalue weighted by Crippen LogP contribution is 2.19. The summed E-state index contributed by atoms with van der Waals surface area (Å²) in [5.41, 5.74) is 3.82. The Morgan fingerprint density at radius 1 is 1.26 bits per heavy atom. The highest BCUT2D eigenvalue weighted by atomic mass is 32.1. The van der Waals surface area contributed by atoms with Crippen molar-refractivity contribution in [1.82, 2.24) is 4.98 Å². The Labute approximate surface area is 117 Å². The van der Waals surface area contributed by atoms with Crippen molar-refractivity contribution in [3.05, 3.63) is 51.5 Å². The van der Waals surface area contributed by atoms with E-state index in [0.717, 1.165) is 27.5 Å². The molecule has 0 saturated carbocycles. The van der Waals surface area contributed by atoms with E-state index in [1.165, 1.54) is 6.08 Å². The number of hydrogen-bond donors (Lipinski definition) is 1. The molecule has 0 spiro atoms. The van der Waals surface area contributed by atoms with Crippen molar-refractivity contribution in [2.24, 2.45) is 0 Å². The maximum absolute atomic E-state index is 11.9. The van der Waals surface area contributed by atoms with E-state index in [4.69, 9.17) is 0 Å². The van der Waals surface area contributed by atoms with Crippen molar-refractivity contribution in [1.29, 1.82) is 0 Å². The van der Waals surface area contributed by atoms with Crippen LogP contribution in [-0.4, -0.2) is 10.9 Å². The fourth-order valence-corrected chi connectivity index (χ4v) is 2.37. The van der Waals surface area contributed by atoms with Gasteiger partial charge in [-0.2, -0.15) is 0 Å². The number of rotatable bonds is 3. The number of thiazole rings is 1. The van der Waals surface area contributed by atoms with Gasteiger partial charge in [-0.3, -0.25) is 4.79 Å². The van der Waals surface area contributed by atoms with Crippen LogP contribution >= 0.6 is 11.3 Å². The molecule has 0 radical (unpaired) electrons. The molecule has 4 heteroatoms. The molecule has 0 atom stereocenters. The van der Waals surface area contributed by atoms with Gasteiger partial charge in [0.25, 0.3) is 0 Å². The molecule has 0 fully saturated rings. The Morgan fingerprint density at radius 3 is 2.53 bits per heavy atom. The average Bonchev–Trinajstić information content (AvgIpc) is 2.77. The molecule has 1 aromatic carbocycles. The molecule has 1 N–H and O–H groups in total. The zero-order valence-electron chi connectivity index (χ0n) is 11.2. The number of aryl methyl sites for hydroxylation is 3. The monoisotopic (exact) mass is 272 g/mol. The first-order valence-electron chi connectivity index (χ1n) is 6.03. The van der Waals surface area contributed by atoms with Crippen LogP contribution in [0, 0.1) is 20.8 Å². The number of nitrogens with one attached hydrogen (secondary N) is 1. The number of nitrogens with zero attached hydrogens (tertiary/aromatic N) is 1. The molecular weight excluding hydrogens is 256 g/mol. The lowest BCUT2D eigenvalue weighted by atomic mass is 10.1. The predicted molar refractivity (Wildman–Crippen MR) is 80.4 cm³/mol. The number of aromatic nitrogens is 1. The summed E-state index contributed by atoms with van der Waals surface area (Å²) in [5.74, 6) is -0.136. The molecule has 0 aliphatic rings. The molecule has 0 aliphatic heterocycles. The molecule has 3 nitrogen and oxygen atoms in total. The van der Waals surface area contributed by atoms with Gasteiger partial charge in [-0.1, -0.05) is 18.2 Å². The number of amides is 1. The van der Waals surface area contributed by atoms with Crippen LogP contribution in [0.3, 0.4) is 0 Å². The van der Waals surface area contributed by atoms with Crippen molar-refractivity contribution in [2.75, 3.05) is 5.32 Å². The van der Waals surface area contributed by atoms with E-state index in [9.17, 15) is 4.79 Å². The Morgan fingerprint density at radius 2 is 1.95 bits per heavy atom. The summed E-state index contributed by atoms with van der Waals surface area (Å²) in [5, 5.41) is 5.83. The minimum Gasteiger partial charge on any atom is -0.322 e. The second-order valence-electron chi connectivity index (χ2n) is 4.38. The van der Waals surface area contributed by atoms with Crippen LogP contribution in [0.2, 0.25) is 0 Å². The molecule has 2 aromatic rings. The SMILES string of the molecule is Cc1nc(/C=C/C(=O)Nc2c(C)cccc2C)cs1. The molecule has 0 bridgehead atoms. The molecular formula is C15H16N2OS. The van der Waals surface area contributed by atoms with Crippen molar-refractivity contribution in [3.63, 3.8) is 0 Å². The third-order valence-corrected chi connectivity index (χ3v) is 3.56. The molecule has 2 rings (SSSR count). The quantitative estimate of drug-likeness (QED) is 0.865. The van der Waals surface area contributed by atoms with E-state index in [1.54, 1.807) is 17.4 Å². The normalized spacial score (nSPS) is 10.9. The van der Waals surface area contributed by atoms with Gasteiger partial charge >= 0.3 is 0 Å². The number of para-hydroxylation sites is 1. The number of hydrogen-bond acceptors (Lipinski definition) is 3. The van der Waals surface area contributed by atoms with Crippen LogP contribution in [-0.2, 0) is 4.79 Å². The lowest BCUT2D eigenvalue weighted by Gasteiger charge is -2.09. The zero-order valence-corrected chi connectivity index (χ0v) is 12.0. The highest BCUT2D eigenvalue weighted by Gasteiger charge is 2.04. The lowest BCUT2D eigenvalue weighted by Crippen LogP contribution is -2.10. The van der Waals surface area contributed by atoms with Crippen LogP contribution in [0.15, 0.2) is 29.7 Å². The van der Waals surface area contributed by atoms with Gasteiger partial charge in [-0.15, -0.1) is 11.3 Å². The minimum absolute atomic E-state index is 0.136. The van der Waals surface area contributed by atoms with Gasteiger partial charge < -0.3 is 5.32 Å². The van der Waals surface area contributed by atoms with Crippen molar-refractivity contribution in [2.45, 2.75) is 20.8 Å². The fraction of sp³-hybridized carbons (Fsp3) is 0.200. The first kappa shape index (κ1) is 13.5. The van der Waals surface area contributed by atoms with Crippen LogP contribution < -0.4 is 5.32 Å². The molecule has 19 heavy (non-hydrogen) atoms. The molecule has 1 amide bonds. The van der Waals surface area contributed by atoms with Gasteiger partial charge in [0.15, 0.2) is 0 Å². The Balaban J connectivity index is 2.07.